The van der Waals surface area contributed by atoms with Crippen LogP contribution in [0.25, 0.3) is 0 Å². The summed E-state index contributed by atoms with van der Waals surface area (Å²) in [6.45, 7) is -0.415. The second-order valence-electron chi connectivity index (χ2n) is 10.0. The second kappa shape index (κ2) is 13.1. The quantitative estimate of drug-likeness (QED) is 0.272. The zero-order valence-corrected chi connectivity index (χ0v) is 23.5. The van der Waals surface area contributed by atoms with Crippen LogP contribution in [-0.4, -0.2) is 64.2 Å². The number of rotatable bonds is 11. The fourth-order valence-electron chi connectivity index (χ4n) is 4.61. The van der Waals surface area contributed by atoms with Gasteiger partial charge in [0.25, 0.3) is 5.91 Å². The van der Waals surface area contributed by atoms with E-state index < -0.39 is 6.03 Å². The van der Waals surface area contributed by atoms with Crippen LogP contribution in [0, 0.1) is 0 Å². The SMILES string of the molecule is COC(=O)Cc1cccc(NC(=O)NCC(=O)[N+](C)(c2ccccc2OCC(=O)N(C)c2ccccc2)C2CC2)c1. The second-order valence-corrected chi connectivity index (χ2v) is 10.0. The van der Waals surface area contributed by atoms with Gasteiger partial charge in [0, 0.05) is 37.3 Å². The summed E-state index contributed by atoms with van der Waals surface area (Å²) in [5.41, 5.74) is 2.56. The number of hydrogen-bond acceptors (Lipinski definition) is 6. The lowest BCUT2D eigenvalue weighted by Gasteiger charge is -2.32. The van der Waals surface area contributed by atoms with Crippen molar-refractivity contribution in [2.45, 2.75) is 25.3 Å². The van der Waals surface area contributed by atoms with Crippen LogP contribution in [0.2, 0.25) is 0 Å². The third kappa shape index (κ3) is 7.29. The van der Waals surface area contributed by atoms with E-state index in [1.807, 2.05) is 49.5 Å². The number of likely N-dealkylation sites (N-methyl/N-ethyl adjacent to an activating group) is 2. The van der Waals surface area contributed by atoms with E-state index in [1.165, 1.54) is 12.0 Å². The first kappa shape index (κ1) is 29.3. The van der Waals surface area contributed by atoms with Gasteiger partial charge in [0.2, 0.25) is 0 Å². The van der Waals surface area contributed by atoms with Crippen LogP contribution >= 0.6 is 0 Å². The van der Waals surface area contributed by atoms with Crippen LogP contribution in [0.4, 0.5) is 21.9 Å². The minimum Gasteiger partial charge on any atom is -0.477 e. The van der Waals surface area contributed by atoms with Gasteiger partial charge in [-0.3, -0.25) is 9.59 Å². The molecule has 1 saturated carbocycles. The number of para-hydroxylation sites is 3. The van der Waals surface area contributed by atoms with Crippen molar-refractivity contribution in [3.63, 3.8) is 0 Å². The molecule has 1 fully saturated rings. The Labute approximate surface area is 239 Å². The molecule has 0 radical (unpaired) electrons. The zero-order valence-electron chi connectivity index (χ0n) is 23.5. The summed E-state index contributed by atoms with van der Waals surface area (Å²) in [6, 6.07) is 22.8. The minimum atomic E-state index is -0.546. The van der Waals surface area contributed by atoms with Gasteiger partial charge in [-0.1, -0.05) is 42.5 Å². The maximum absolute atomic E-state index is 13.6. The van der Waals surface area contributed by atoms with E-state index in [1.54, 1.807) is 43.4 Å². The first-order valence-corrected chi connectivity index (χ1v) is 13.4. The predicted octanol–water partition coefficient (Wildman–Crippen LogP) is 3.89. The van der Waals surface area contributed by atoms with Crippen molar-refractivity contribution < 1.29 is 28.7 Å². The maximum atomic E-state index is 13.6. The lowest BCUT2D eigenvalue weighted by molar-refractivity contribution is -0.139. The van der Waals surface area contributed by atoms with Gasteiger partial charge in [-0.15, -0.1) is 0 Å². The lowest BCUT2D eigenvalue weighted by atomic mass is 10.1. The first-order valence-electron chi connectivity index (χ1n) is 13.4. The summed E-state index contributed by atoms with van der Waals surface area (Å²) in [6.07, 6.45) is 1.79. The highest BCUT2D eigenvalue weighted by atomic mass is 16.5. The number of ether oxygens (including phenoxy) is 2. The molecule has 0 spiro atoms. The Bertz CT molecular complexity index is 1410. The molecule has 0 aliphatic heterocycles. The number of methoxy groups -OCH3 is 1. The highest BCUT2D eigenvalue weighted by Gasteiger charge is 2.50. The monoisotopic (exact) mass is 559 g/mol. The molecule has 0 aromatic heterocycles. The van der Waals surface area contributed by atoms with E-state index in [0.29, 0.717) is 22.7 Å². The van der Waals surface area contributed by atoms with Gasteiger partial charge in [-0.2, -0.15) is 0 Å². The summed E-state index contributed by atoms with van der Waals surface area (Å²) >= 11 is 0. The molecule has 0 bridgehead atoms. The van der Waals surface area contributed by atoms with Crippen LogP contribution in [0.3, 0.4) is 0 Å². The topological polar surface area (TPSA) is 114 Å². The Kier molecular flexibility index (Phi) is 9.36. The number of benzene rings is 3. The molecule has 1 aliphatic carbocycles. The number of nitrogens with zero attached hydrogens (tertiary/aromatic N) is 2. The van der Waals surface area contributed by atoms with Crippen LogP contribution in [-0.2, 0) is 25.5 Å². The number of esters is 1. The molecule has 1 aliphatic rings. The molecule has 4 rings (SSSR count). The normalized spacial score (nSPS) is 13.8. The van der Waals surface area contributed by atoms with Crippen molar-refractivity contribution in [3.05, 3.63) is 84.4 Å². The van der Waals surface area contributed by atoms with Crippen molar-refractivity contribution in [2.75, 3.05) is 44.6 Å². The zero-order chi connectivity index (χ0) is 29.4. The van der Waals surface area contributed by atoms with Crippen molar-refractivity contribution in [3.8, 4) is 5.75 Å². The van der Waals surface area contributed by atoms with Crippen LogP contribution < -0.4 is 24.8 Å². The summed E-state index contributed by atoms with van der Waals surface area (Å²) in [4.78, 5) is 52.2. The van der Waals surface area contributed by atoms with Gasteiger partial charge < -0.3 is 25.0 Å². The third-order valence-electron chi connectivity index (χ3n) is 7.19. The molecule has 4 amide bonds. The number of quaternary nitrogens is 1. The van der Waals surface area contributed by atoms with E-state index in [0.717, 1.165) is 18.5 Å². The van der Waals surface area contributed by atoms with Crippen LogP contribution in [0.5, 0.6) is 5.75 Å². The average molecular weight is 560 g/mol. The van der Waals surface area contributed by atoms with Crippen molar-refractivity contribution in [1.82, 2.24) is 9.80 Å². The molecule has 1 unspecified atom stereocenters. The standard InChI is InChI=1S/C31H34N4O6/c1-34(24-12-5-4-6-13-24)28(36)21-41-27-15-8-7-14-26(27)35(2,25-16-17-25)29(37)20-32-31(39)33-23-11-9-10-22(18-23)19-30(38)40-3/h4-15,18,25H,16-17,19-21H2,1-3H3,(H-,32,33,39)/p+1. The number of anilines is 2. The predicted molar refractivity (Wildman–Crippen MR) is 157 cm³/mol. The van der Waals surface area contributed by atoms with Crippen molar-refractivity contribution >= 4 is 40.9 Å². The Morgan fingerprint density at radius 3 is 2.37 bits per heavy atom. The molecule has 0 saturated heterocycles. The highest BCUT2D eigenvalue weighted by molar-refractivity contribution is 5.97. The van der Waals surface area contributed by atoms with Gasteiger partial charge >= 0.3 is 17.9 Å². The number of hydrogen-bond donors (Lipinski definition) is 2. The minimum absolute atomic E-state index is 0.0369. The Balaban J connectivity index is 1.41. The molecule has 2 N–H and O–H groups in total. The third-order valence-corrected chi connectivity index (χ3v) is 7.19. The average Bonchev–Trinajstić information content (AvgIpc) is 3.85. The summed E-state index contributed by atoms with van der Waals surface area (Å²) in [5.74, 6) is -0.388. The molecular formula is C31H35N4O6+. The number of amides is 4. The Morgan fingerprint density at radius 2 is 1.66 bits per heavy atom. The lowest BCUT2D eigenvalue weighted by Crippen LogP contribution is -2.56. The van der Waals surface area contributed by atoms with E-state index in [4.69, 9.17) is 9.47 Å². The van der Waals surface area contributed by atoms with Crippen molar-refractivity contribution in [2.24, 2.45) is 0 Å². The van der Waals surface area contributed by atoms with E-state index in [9.17, 15) is 19.2 Å². The van der Waals surface area contributed by atoms with E-state index in [2.05, 4.69) is 10.6 Å². The number of urea groups is 1. The van der Waals surface area contributed by atoms with Gasteiger partial charge in [-0.25, -0.2) is 14.1 Å². The number of nitrogens with one attached hydrogen (secondary N) is 2. The van der Waals surface area contributed by atoms with E-state index >= 15 is 0 Å². The van der Waals surface area contributed by atoms with Gasteiger partial charge in [0.15, 0.2) is 18.0 Å². The first-order chi connectivity index (χ1) is 19.7. The maximum Gasteiger partial charge on any atom is 0.338 e. The van der Waals surface area contributed by atoms with Crippen molar-refractivity contribution in [1.29, 1.82) is 0 Å². The van der Waals surface area contributed by atoms with E-state index in [-0.39, 0.29) is 47.9 Å². The molecule has 214 valence electrons. The molecule has 3 aromatic carbocycles. The number of carbonyl (C=O) groups is 4. The smallest absolute Gasteiger partial charge is 0.338 e. The molecule has 0 heterocycles. The molecule has 10 nitrogen and oxygen atoms in total. The van der Waals surface area contributed by atoms with Gasteiger partial charge in [0.05, 0.1) is 20.6 Å². The molecule has 41 heavy (non-hydrogen) atoms. The molecule has 10 heteroatoms. The summed E-state index contributed by atoms with van der Waals surface area (Å²) in [5, 5.41) is 5.36. The summed E-state index contributed by atoms with van der Waals surface area (Å²) < 4.78 is 10.6. The fraction of sp³-hybridized carbons (Fsp3) is 0.290. The largest absolute Gasteiger partial charge is 0.477 e. The highest BCUT2D eigenvalue weighted by Crippen LogP contribution is 2.42. The number of carbonyl (C=O) groups excluding carboxylic acids is 4. The molecule has 3 aromatic rings. The molecular weight excluding hydrogens is 524 g/mol. The Morgan fingerprint density at radius 1 is 0.951 bits per heavy atom. The summed E-state index contributed by atoms with van der Waals surface area (Å²) in [7, 11) is 4.82. The fourth-order valence-corrected chi connectivity index (χ4v) is 4.61. The van der Waals surface area contributed by atoms with Crippen LogP contribution in [0.1, 0.15) is 18.4 Å². The molecule has 1 atom stereocenters. The Hall–Kier alpha value is -4.70. The van der Waals surface area contributed by atoms with Gasteiger partial charge in [0.1, 0.15) is 12.6 Å². The van der Waals surface area contributed by atoms with Gasteiger partial charge in [-0.05, 0) is 35.9 Å². The van der Waals surface area contributed by atoms with Crippen LogP contribution in [0.15, 0.2) is 78.9 Å².